The highest BCUT2D eigenvalue weighted by Crippen LogP contribution is 2.55. The molecule has 0 N–H and O–H groups in total. The first-order valence-electron chi connectivity index (χ1n) is 6.18. The van der Waals surface area contributed by atoms with Gasteiger partial charge in [0.1, 0.15) is 12.2 Å². The molecule has 2 heterocycles. The van der Waals surface area contributed by atoms with Crippen LogP contribution >= 0.6 is 0 Å². The minimum Gasteiger partial charge on any atom is -0.463 e. The van der Waals surface area contributed by atoms with Crippen molar-refractivity contribution in [2.75, 3.05) is 13.2 Å². The number of carbonyl (C=O) groups is 2. The van der Waals surface area contributed by atoms with E-state index in [0.717, 1.165) is 19.3 Å². The summed E-state index contributed by atoms with van der Waals surface area (Å²) in [4.78, 5) is 23.8. The van der Waals surface area contributed by atoms with E-state index in [1.54, 1.807) is 6.92 Å². The predicted octanol–water partition coefficient (Wildman–Crippen LogP) is 0.804. The summed E-state index contributed by atoms with van der Waals surface area (Å²) in [5.74, 6) is -0.909. The molecule has 5 nitrogen and oxygen atoms in total. The number of hydrogen-bond donors (Lipinski definition) is 0. The van der Waals surface area contributed by atoms with E-state index in [1.807, 2.05) is 0 Å². The molecule has 1 saturated carbocycles. The Balaban J connectivity index is 1.94. The largest absolute Gasteiger partial charge is 0.463 e. The van der Waals surface area contributed by atoms with Gasteiger partial charge in [-0.2, -0.15) is 0 Å². The first kappa shape index (κ1) is 11.0. The van der Waals surface area contributed by atoms with E-state index in [0.29, 0.717) is 6.42 Å². The van der Waals surface area contributed by atoms with Crippen LogP contribution in [0.15, 0.2) is 0 Å². The van der Waals surface area contributed by atoms with Gasteiger partial charge in [-0.05, 0) is 25.7 Å². The SMILES string of the molecule is CCOC(=O)[C@@]12C[C@@H]3CCC[C@]3(COC1=O)O2. The lowest BCUT2D eigenvalue weighted by atomic mass is 9.88. The van der Waals surface area contributed by atoms with E-state index in [-0.39, 0.29) is 19.1 Å². The van der Waals surface area contributed by atoms with Crippen LogP contribution in [0.4, 0.5) is 0 Å². The molecule has 0 amide bonds. The second kappa shape index (κ2) is 3.45. The van der Waals surface area contributed by atoms with Crippen molar-refractivity contribution in [1.29, 1.82) is 0 Å². The van der Waals surface area contributed by atoms with Gasteiger partial charge in [-0.3, -0.25) is 0 Å². The van der Waals surface area contributed by atoms with E-state index in [2.05, 4.69) is 0 Å². The van der Waals surface area contributed by atoms with Gasteiger partial charge in [0.15, 0.2) is 0 Å². The fraction of sp³-hybridized carbons (Fsp3) is 0.833. The Hall–Kier alpha value is -1.10. The van der Waals surface area contributed by atoms with Crippen LogP contribution in [0.1, 0.15) is 32.6 Å². The summed E-state index contributed by atoms with van der Waals surface area (Å²) in [7, 11) is 0. The molecule has 3 rings (SSSR count). The van der Waals surface area contributed by atoms with Crippen molar-refractivity contribution >= 4 is 11.9 Å². The normalized spacial score (nSPS) is 43.1. The monoisotopic (exact) mass is 240 g/mol. The standard InChI is InChI=1S/C12H16O5/c1-2-15-9(13)12-6-8-4-3-5-11(8,17-12)7-16-10(12)14/h8H,2-7H2,1H3/t8-,11+,12-/m0/s1. The van der Waals surface area contributed by atoms with Crippen LogP contribution < -0.4 is 0 Å². The molecular formula is C12H16O5. The van der Waals surface area contributed by atoms with Crippen molar-refractivity contribution in [2.45, 2.75) is 43.8 Å². The van der Waals surface area contributed by atoms with Gasteiger partial charge in [0.2, 0.25) is 0 Å². The Morgan fingerprint density at radius 1 is 1.59 bits per heavy atom. The van der Waals surface area contributed by atoms with Gasteiger partial charge in [-0.15, -0.1) is 0 Å². The molecule has 0 aromatic rings. The molecule has 0 unspecified atom stereocenters. The van der Waals surface area contributed by atoms with Crippen molar-refractivity contribution in [3.05, 3.63) is 0 Å². The number of cyclic esters (lactones) is 1. The molecular weight excluding hydrogens is 224 g/mol. The molecule has 2 aliphatic heterocycles. The van der Waals surface area contributed by atoms with Gasteiger partial charge in [-0.1, -0.05) is 6.42 Å². The van der Waals surface area contributed by atoms with Crippen molar-refractivity contribution in [2.24, 2.45) is 5.92 Å². The summed E-state index contributed by atoms with van der Waals surface area (Å²) in [6.45, 7) is 2.25. The number of hydrogen-bond acceptors (Lipinski definition) is 5. The Labute approximate surface area is 99.4 Å². The third-order valence-corrected chi connectivity index (χ3v) is 4.19. The summed E-state index contributed by atoms with van der Waals surface area (Å²) in [6, 6.07) is 0. The Morgan fingerprint density at radius 3 is 3.18 bits per heavy atom. The zero-order valence-corrected chi connectivity index (χ0v) is 9.86. The van der Waals surface area contributed by atoms with Crippen LogP contribution in [0.5, 0.6) is 0 Å². The molecule has 94 valence electrons. The highest BCUT2D eigenvalue weighted by molar-refractivity contribution is 6.04. The quantitative estimate of drug-likeness (QED) is 0.528. The molecule has 2 saturated heterocycles. The predicted molar refractivity (Wildman–Crippen MR) is 56.1 cm³/mol. The average Bonchev–Trinajstić information content (AvgIpc) is 2.77. The van der Waals surface area contributed by atoms with Crippen molar-refractivity contribution in [1.82, 2.24) is 0 Å². The van der Waals surface area contributed by atoms with Gasteiger partial charge in [0, 0.05) is 6.42 Å². The number of carbonyl (C=O) groups excluding carboxylic acids is 2. The Morgan fingerprint density at radius 2 is 2.41 bits per heavy atom. The van der Waals surface area contributed by atoms with Crippen molar-refractivity contribution < 1.29 is 23.8 Å². The maximum atomic E-state index is 12.0. The highest BCUT2D eigenvalue weighted by atomic mass is 16.7. The van der Waals surface area contributed by atoms with Gasteiger partial charge in [-0.25, -0.2) is 9.59 Å². The molecule has 3 atom stereocenters. The number of fused-ring (bicyclic) bond motifs is 1. The van der Waals surface area contributed by atoms with E-state index in [1.165, 1.54) is 0 Å². The van der Waals surface area contributed by atoms with Gasteiger partial charge in [0.05, 0.1) is 6.61 Å². The summed E-state index contributed by atoms with van der Waals surface area (Å²) < 4.78 is 16.0. The van der Waals surface area contributed by atoms with Gasteiger partial charge in [0.25, 0.3) is 5.60 Å². The molecule has 5 heteroatoms. The molecule has 0 aromatic carbocycles. The molecule has 1 spiro atoms. The van der Waals surface area contributed by atoms with Gasteiger partial charge >= 0.3 is 11.9 Å². The molecule has 3 aliphatic rings. The van der Waals surface area contributed by atoms with Crippen LogP contribution in [-0.4, -0.2) is 36.4 Å². The smallest absolute Gasteiger partial charge is 0.350 e. The fourth-order valence-corrected chi connectivity index (χ4v) is 3.38. The molecule has 3 fully saturated rings. The lowest BCUT2D eigenvalue weighted by molar-refractivity contribution is -0.224. The minimum atomic E-state index is -1.47. The summed E-state index contributed by atoms with van der Waals surface area (Å²) in [6.07, 6.45) is 3.36. The van der Waals surface area contributed by atoms with Crippen LogP contribution in [0.3, 0.4) is 0 Å². The zero-order valence-electron chi connectivity index (χ0n) is 9.86. The third kappa shape index (κ3) is 1.29. The van der Waals surface area contributed by atoms with E-state index in [9.17, 15) is 9.59 Å². The molecule has 1 aliphatic carbocycles. The molecule has 2 bridgehead atoms. The number of ether oxygens (including phenoxy) is 3. The lowest BCUT2D eigenvalue weighted by Crippen LogP contribution is -2.56. The first-order valence-corrected chi connectivity index (χ1v) is 6.18. The topological polar surface area (TPSA) is 61.8 Å². The van der Waals surface area contributed by atoms with Crippen LogP contribution in [-0.2, 0) is 23.8 Å². The second-order valence-corrected chi connectivity index (χ2v) is 5.08. The first-order chi connectivity index (χ1) is 8.13. The van der Waals surface area contributed by atoms with Crippen molar-refractivity contribution in [3.63, 3.8) is 0 Å². The van der Waals surface area contributed by atoms with Gasteiger partial charge < -0.3 is 14.2 Å². The number of rotatable bonds is 2. The summed E-state index contributed by atoms with van der Waals surface area (Å²) >= 11 is 0. The average molecular weight is 240 g/mol. The zero-order chi connectivity index (χ0) is 12.1. The Bertz CT molecular complexity index is 379. The molecule has 0 aromatic heterocycles. The van der Waals surface area contributed by atoms with Crippen LogP contribution in [0.25, 0.3) is 0 Å². The molecule has 17 heavy (non-hydrogen) atoms. The van der Waals surface area contributed by atoms with E-state index >= 15 is 0 Å². The summed E-state index contributed by atoms with van der Waals surface area (Å²) in [5, 5.41) is 0. The van der Waals surface area contributed by atoms with Crippen LogP contribution in [0, 0.1) is 5.92 Å². The Kier molecular flexibility index (Phi) is 2.23. The number of esters is 2. The van der Waals surface area contributed by atoms with E-state index in [4.69, 9.17) is 14.2 Å². The summed E-state index contributed by atoms with van der Waals surface area (Å²) in [5.41, 5.74) is -1.89. The highest BCUT2D eigenvalue weighted by Gasteiger charge is 2.69. The maximum Gasteiger partial charge on any atom is 0.350 e. The van der Waals surface area contributed by atoms with E-state index < -0.39 is 23.1 Å². The van der Waals surface area contributed by atoms with Crippen molar-refractivity contribution in [3.8, 4) is 0 Å². The fourth-order valence-electron chi connectivity index (χ4n) is 3.38. The maximum absolute atomic E-state index is 12.0. The minimum absolute atomic E-state index is 0.245. The lowest BCUT2D eigenvalue weighted by Gasteiger charge is -2.36. The van der Waals surface area contributed by atoms with Crippen LogP contribution in [0.2, 0.25) is 0 Å². The second-order valence-electron chi connectivity index (χ2n) is 5.08. The third-order valence-electron chi connectivity index (χ3n) is 4.19. The molecule has 0 radical (unpaired) electrons.